The molecule has 1 aliphatic rings. The number of likely N-dealkylation sites (N-methyl/N-ethyl adjacent to an activating group) is 1. The Labute approximate surface area is 122 Å². The summed E-state index contributed by atoms with van der Waals surface area (Å²) in [6, 6.07) is 0.709. The predicted molar refractivity (Wildman–Crippen MR) is 83.0 cm³/mol. The standard InChI is InChI=1S/C15H27N5/c1-4-7-20(9-8-19(2)3)15-12-16-10-14(18-15)11-17-13-5-6-13/h10,12-13,17H,4-9,11H2,1-3H3. The minimum atomic E-state index is 0.709. The van der Waals surface area contributed by atoms with Gasteiger partial charge in [-0.15, -0.1) is 0 Å². The normalized spacial score (nSPS) is 14.8. The summed E-state index contributed by atoms with van der Waals surface area (Å²) < 4.78 is 0. The fourth-order valence-corrected chi connectivity index (χ4v) is 2.10. The summed E-state index contributed by atoms with van der Waals surface area (Å²) in [5.41, 5.74) is 1.04. The lowest BCUT2D eigenvalue weighted by molar-refractivity contribution is 0.412. The van der Waals surface area contributed by atoms with E-state index >= 15 is 0 Å². The van der Waals surface area contributed by atoms with Gasteiger partial charge in [-0.3, -0.25) is 4.98 Å². The topological polar surface area (TPSA) is 44.3 Å². The molecule has 0 amide bonds. The number of hydrogen-bond acceptors (Lipinski definition) is 5. The van der Waals surface area contributed by atoms with Crippen molar-refractivity contribution in [3.8, 4) is 0 Å². The Morgan fingerprint density at radius 2 is 2.00 bits per heavy atom. The van der Waals surface area contributed by atoms with E-state index in [-0.39, 0.29) is 0 Å². The maximum Gasteiger partial charge on any atom is 0.147 e. The van der Waals surface area contributed by atoms with Gasteiger partial charge in [0.1, 0.15) is 5.82 Å². The molecule has 0 aromatic carbocycles. The first kappa shape index (κ1) is 15.2. The molecule has 0 radical (unpaired) electrons. The lowest BCUT2D eigenvalue weighted by Gasteiger charge is -2.25. The van der Waals surface area contributed by atoms with Gasteiger partial charge in [0.2, 0.25) is 0 Å². The van der Waals surface area contributed by atoms with E-state index in [1.165, 1.54) is 12.8 Å². The molecule has 5 heteroatoms. The third-order valence-corrected chi connectivity index (χ3v) is 3.46. The molecule has 1 heterocycles. The maximum atomic E-state index is 4.75. The molecule has 0 unspecified atom stereocenters. The quantitative estimate of drug-likeness (QED) is 0.741. The Bertz CT molecular complexity index is 403. The number of nitrogens with zero attached hydrogens (tertiary/aromatic N) is 4. The van der Waals surface area contributed by atoms with Gasteiger partial charge in [0, 0.05) is 38.4 Å². The molecule has 1 fully saturated rings. The average Bonchev–Trinajstić information content (AvgIpc) is 3.25. The van der Waals surface area contributed by atoms with E-state index in [2.05, 4.69) is 41.1 Å². The zero-order chi connectivity index (χ0) is 14.4. The highest BCUT2D eigenvalue weighted by atomic mass is 15.2. The highest BCUT2D eigenvalue weighted by Crippen LogP contribution is 2.19. The van der Waals surface area contributed by atoms with Gasteiger partial charge in [-0.2, -0.15) is 0 Å². The summed E-state index contributed by atoms with van der Waals surface area (Å²) in [5.74, 6) is 1.00. The summed E-state index contributed by atoms with van der Waals surface area (Å²) in [5, 5.41) is 3.49. The van der Waals surface area contributed by atoms with Crippen LogP contribution in [0.3, 0.4) is 0 Å². The largest absolute Gasteiger partial charge is 0.354 e. The van der Waals surface area contributed by atoms with Crippen molar-refractivity contribution in [2.45, 2.75) is 38.8 Å². The Morgan fingerprint density at radius 1 is 1.20 bits per heavy atom. The molecule has 112 valence electrons. The number of anilines is 1. The van der Waals surface area contributed by atoms with E-state index < -0.39 is 0 Å². The smallest absolute Gasteiger partial charge is 0.147 e. The molecule has 0 saturated heterocycles. The maximum absolute atomic E-state index is 4.75. The molecule has 5 nitrogen and oxygen atoms in total. The highest BCUT2D eigenvalue weighted by molar-refractivity contribution is 5.36. The van der Waals surface area contributed by atoms with Crippen LogP contribution in [0.15, 0.2) is 12.4 Å². The lowest BCUT2D eigenvalue weighted by atomic mass is 10.3. The summed E-state index contributed by atoms with van der Waals surface area (Å²) in [4.78, 5) is 13.6. The summed E-state index contributed by atoms with van der Waals surface area (Å²) in [7, 11) is 4.21. The first-order valence-electron chi connectivity index (χ1n) is 7.63. The Kier molecular flexibility index (Phi) is 5.73. The molecule has 1 aromatic heterocycles. The molecular formula is C15H27N5. The van der Waals surface area contributed by atoms with Crippen LogP contribution in [0.5, 0.6) is 0 Å². The third-order valence-electron chi connectivity index (χ3n) is 3.46. The SMILES string of the molecule is CCCN(CCN(C)C)c1cncc(CNC2CC2)n1. The summed E-state index contributed by atoms with van der Waals surface area (Å²) >= 11 is 0. The van der Waals surface area contributed by atoms with Gasteiger partial charge >= 0.3 is 0 Å². The molecule has 1 saturated carbocycles. The van der Waals surface area contributed by atoms with Crippen molar-refractivity contribution in [3.05, 3.63) is 18.1 Å². The van der Waals surface area contributed by atoms with Gasteiger partial charge in [0.05, 0.1) is 11.9 Å². The molecule has 1 aromatic rings. The number of aromatic nitrogens is 2. The van der Waals surface area contributed by atoms with Crippen LogP contribution < -0.4 is 10.2 Å². The molecule has 0 atom stereocenters. The molecule has 0 aliphatic heterocycles. The molecule has 1 aliphatic carbocycles. The number of nitrogens with one attached hydrogen (secondary N) is 1. The Hall–Kier alpha value is -1.20. The van der Waals surface area contributed by atoms with E-state index in [0.29, 0.717) is 6.04 Å². The molecule has 0 bridgehead atoms. The highest BCUT2D eigenvalue weighted by Gasteiger charge is 2.20. The van der Waals surface area contributed by atoms with Gasteiger partial charge in [-0.05, 0) is 33.4 Å². The van der Waals surface area contributed by atoms with Crippen molar-refractivity contribution >= 4 is 5.82 Å². The molecular weight excluding hydrogens is 250 g/mol. The molecule has 1 N–H and O–H groups in total. The molecule has 20 heavy (non-hydrogen) atoms. The van der Waals surface area contributed by atoms with Crippen LogP contribution in [-0.4, -0.2) is 54.6 Å². The van der Waals surface area contributed by atoms with Crippen LogP contribution in [-0.2, 0) is 6.54 Å². The van der Waals surface area contributed by atoms with Crippen LogP contribution in [0.2, 0.25) is 0 Å². The fourth-order valence-electron chi connectivity index (χ4n) is 2.10. The van der Waals surface area contributed by atoms with Gasteiger partial charge in [-0.1, -0.05) is 6.92 Å². The first-order valence-corrected chi connectivity index (χ1v) is 7.63. The van der Waals surface area contributed by atoms with Crippen LogP contribution in [0.25, 0.3) is 0 Å². The first-order chi connectivity index (χ1) is 9.69. The van der Waals surface area contributed by atoms with Gasteiger partial charge in [0.25, 0.3) is 0 Å². The van der Waals surface area contributed by atoms with Crippen LogP contribution in [0, 0.1) is 0 Å². The van der Waals surface area contributed by atoms with Gasteiger partial charge < -0.3 is 15.1 Å². The second-order valence-corrected chi connectivity index (χ2v) is 5.81. The fraction of sp³-hybridized carbons (Fsp3) is 0.733. The van der Waals surface area contributed by atoms with E-state index in [1.807, 2.05) is 12.4 Å². The van der Waals surface area contributed by atoms with E-state index in [9.17, 15) is 0 Å². The zero-order valence-corrected chi connectivity index (χ0v) is 13.0. The predicted octanol–water partition coefficient (Wildman–Crippen LogP) is 1.51. The van der Waals surface area contributed by atoms with E-state index in [0.717, 1.165) is 44.1 Å². The van der Waals surface area contributed by atoms with Crippen molar-refractivity contribution in [1.29, 1.82) is 0 Å². The van der Waals surface area contributed by atoms with Gasteiger partial charge in [-0.25, -0.2) is 4.98 Å². The van der Waals surface area contributed by atoms with Crippen LogP contribution >= 0.6 is 0 Å². The van der Waals surface area contributed by atoms with Crippen LogP contribution in [0.4, 0.5) is 5.82 Å². The number of rotatable bonds is 9. The van der Waals surface area contributed by atoms with Gasteiger partial charge in [0.15, 0.2) is 0 Å². The lowest BCUT2D eigenvalue weighted by Crippen LogP contribution is -2.33. The summed E-state index contributed by atoms with van der Waals surface area (Å²) in [6.07, 6.45) is 7.48. The molecule has 0 spiro atoms. The minimum absolute atomic E-state index is 0.709. The van der Waals surface area contributed by atoms with Crippen molar-refractivity contribution in [1.82, 2.24) is 20.2 Å². The molecule has 2 rings (SSSR count). The second-order valence-electron chi connectivity index (χ2n) is 5.81. The van der Waals surface area contributed by atoms with Crippen molar-refractivity contribution < 1.29 is 0 Å². The third kappa shape index (κ3) is 5.06. The van der Waals surface area contributed by atoms with Crippen molar-refractivity contribution in [2.24, 2.45) is 0 Å². The van der Waals surface area contributed by atoms with E-state index in [1.54, 1.807) is 0 Å². The van der Waals surface area contributed by atoms with Crippen LogP contribution in [0.1, 0.15) is 31.9 Å². The Morgan fingerprint density at radius 3 is 2.65 bits per heavy atom. The van der Waals surface area contributed by atoms with E-state index in [4.69, 9.17) is 4.98 Å². The summed E-state index contributed by atoms with van der Waals surface area (Å²) in [6.45, 7) is 6.09. The Balaban J connectivity index is 1.96. The zero-order valence-electron chi connectivity index (χ0n) is 13.0. The number of hydrogen-bond donors (Lipinski definition) is 1. The minimum Gasteiger partial charge on any atom is -0.354 e. The van der Waals surface area contributed by atoms with Crippen molar-refractivity contribution in [2.75, 3.05) is 38.6 Å². The van der Waals surface area contributed by atoms with Crippen molar-refractivity contribution in [3.63, 3.8) is 0 Å². The monoisotopic (exact) mass is 277 g/mol. The second kappa shape index (κ2) is 7.55. The average molecular weight is 277 g/mol.